The van der Waals surface area contributed by atoms with Gasteiger partial charge >= 0.3 is 5.97 Å². The summed E-state index contributed by atoms with van der Waals surface area (Å²) < 4.78 is 11.5. The first-order chi connectivity index (χ1) is 15.0. The first kappa shape index (κ1) is 20.6. The molecular formula is C28H34O3. The second kappa shape index (κ2) is 8.33. The molecule has 164 valence electrons. The summed E-state index contributed by atoms with van der Waals surface area (Å²) in [6.07, 6.45) is 7.45. The lowest BCUT2D eigenvalue weighted by Gasteiger charge is -2.49. The fourth-order valence-electron chi connectivity index (χ4n) is 6.96. The van der Waals surface area contributed by atoms with E-state index < -0.39 is 0 Å². The zero-order valence-electron chi connectivity index (χ0n) is 18.8. The molecule has 0 saturated heterocycles. The summed E-state index contributed by atoms with van der Waals surface area (Å²) in [7, 11) is 0. The molecule has 2 fully saturated rings. The van der Waals surface area contributed by atoms with Crippen LogP contribution in [0.15, 0.2) is 48.5 Å². The summed E-state index contributed by atoms with van der Waals surface area (Å²) >= 11 is 0. The first-order valence-electron chi connectivity index (χ1n) is 11.9. The molecule has 0 radical (unpaired) electrons. The SMILES string of the molecule is CC(=O)OCC1C[C@H]2[C@@H]3CCc4cc(OCc5ccccc5)ccc4[C@H]3CC[C@]2(C)C1. The highest BCUT2D eigenvalue weighted by Crippen LogP contribution is 2.62. The van der Waals surface area contributed by atoms with Crippen LogP contribution in [-0.2, 0) is 22.6 Å². The standard InChI is InChI=1S/C28H34O3/c1-19(29)30-18-21-14-27-26-10-8-22-15-23(31-17-20-6-4-3-5-7-20)9-11-24(22)25(26)12-13-28(27,2)16-21/h3-7,9,11,15,21,25-27H,8,10,12-14,16-18H2,1-2H3/t21?,25-,26-,27+,28-/m1/s1. The third-order valence-corrected chi connectivity index (χ3v) is 8.33. The summed E-state index contributed by atoms with van der Waals surface area (Å²) in [5.74, 6) is 3.59. The van der Waals surface area contributed by atoms with E-state index in [0.717, 1.165) is 24.0 Å². The summed E-state index contributed by atoms with van der Waals surface area (Å²) in [6, 6.07) is 17.2. The number of rotatable bonds is 5. The molecule has 1 unspecified atom stereocenters. The summed E-state index contributed by atoms with van der Waals surface area (Å²) in [6.45, 7) is 5.25. The van der Waals surface area contributed by atoms with E-state index in [-0.39, 0.29) is 5.97 Å². The highest BCUT2D eigenvalue weighted by atomic mass is 16.5. The van der Waals surface area contributed by atoms with Gasteiger partial charge in [0.25, 0.3) is 0 Å². The monoisotopic (exact) mass is 418 g/mol. The first-order valence-corrected chi connectivity index (χ1v) is 11.9. The van der Waals surface area contributed by atoms with E-state index in [1.807, 2.05) is 6.07 Å². The number of esters is 1. The van der Waals surface area contributed by atoms with Gasteiger partial charge in [-0.3, -0.25) is 4.79 Å². The van der Waals surface area contributed by atoms with Crippen molar-refractivity contribution in [2.45, 2.75) is 64.9 Å². The number of aryl methyl sites for hydroxylation is 1. The van der Waals surface area contributed by atoms with E-state index in [1.54, 1.807) is 5.56 Å². The van der Waals surface area contributed by atoms with E-state index in [4.69, 9.17) is 9.47 Å². The van der Waals surface area contributed by atoms with E-state index in [2.05, 4.69) is 49.4 Å². The topological polar surface area (TPSA) is 35.5 Å². The van der Waals surface area contributed by atoms with Crippen molar-refractivity contribution in [1.29, 1.82) is 0 Å². The van der Waals surface area contributed by atoms with Crippen molar-refractivity contribution >= 4 is 5.97 Å². The summed E-state index contributed by atoms with van der Waals surface area (Å²) in [5, 5.41) is 0. The smallest absolute Gasteiger partial charge is 0.302 e. The molecular weight excluding hydrogens is 384 g/mol. The summed E-state index contributed by atoms with van der Waals surface area (Å²) in [5.41, 5.74) is 4.68. The van der Waals surface area contributed by atoms with Gasteiger partial charge in [-0.25, -0.2) is 0 Å². The lowest BCUT2D eigenvalue weighted by molar-refractivity contribution is -0.142. The minimum atomic E-state index is -0.144. The molecule has 3 aliphatic rings. The minimum absolute atomic E-state index is 0.144. The molecule has 0 amide bonds. The fourth-order valence-corrected chi connectivity index (χ4v) is 6.96. The van der Waals surface area contributed by atoms with Gasteiger partial charge in [-0.2, -0.15) is 0 Å². The van der Waals surface area contributed by atoms with Crippen molar-refractivity contribution in [1.82, 2.24) is 0 Å². The molecule has 5 atom stereocenters. The predicted molar refractivity (Wildman–Crippen MR) is 122 cm³/mol. The Morgan fingerprint density at radius 1 is 1.13 bits per heavy atom. The number of fused-ring (bicyclic) bond motifs is 5. The fraction of sp³-hybridized carbons (Fsp3) is 0.536. The van der Waals surface area contributed by atoms with Gasteiger partial charge in [0.15, 0.2) is 0 Å². The molecule has 0 heterocycles. The van der Waals surface area contributed by atoms with Gasteiger partial charge in [0.1, 0.15) is 12.4 Å². The van der Waals surface area contributed by atoms with Crippen LogP contribution in [-0.4, -0.2) is 12.6 Å². The molecule has 3 aliphatic carbocycles. The molecule has 0 bridgehead atoms. The molecule has 3 heteroatoms. The molecule has 0 aromatic heterocycles. The molecule has 2 saturated carbocycles. The Morgan fingerprint density at radius 3 is 2.77 bits per heavy atom. The molecule has 0 N–H and O–H groups in total. The average molecular weight is 419 g/mol. The van der Waals surface area contributed by atoms with Gasteiger partial charge in [-0.1, -0.05) is 43.3 Å². The lowest BCUT2D eigenvalue weighted by atomic mass is 9.56. The third-order valence-electron chi connectivity index (χ3n) is 8.33. The van der Waals surface area contributed by atoms with Crippen LogP contribution in [0, 0.1) is 23.2 Å². The van der Waals surface area contributed by atoms with Crippen LogP contribution in [0.3, 0.4) is 0 Å². The zero-order chi connectivity index (χ0) is 21.4. The lowest BCUT2D eigenvalue weighted by Crippen LogP contribution is -2.39. The van der Waals surface area contributed by atoms with Crippen LogP contribution in [0.1, 0.15) is 68.6 Å². The van der Waals surface area contributed by atoms with Gasteiger partial charge in [0.05, 0.1) is 6.61 Å². The number of carbonyl (C=O) groups excluding carboxylic acids is 1. The number of ether oxygens (including phenoxy) is 2. The van der Waals surface area contributed by atoms with Crippen molar-refractivity contribution in [3.63, 3.8) is 0 Å². The maximum Gasteiger partial charge on any atom is 0.302 e. The molecule has 2 aromatic rings. The van der Waals surface area contributed by atoms with Crippen LogP contribution in [0.4, 0.5) is 0 Å². The molecule has 2 aromatic carbocycles. The molecule has 0 spiro atoms. The quantitative estimate of drug-likeness (QED) is 0.535. The number of carbonyl (C=O) groups is 1. The summed E-state index contributed by atoms with van der Waals surface area (Å²) in [4.78, 5) is 11.3. The van der Waals surface area contributed by atoms with Gasteiger partial charge < -0.3 is 9.47 Å². The zero-order valence-corrected chi connectivity index (χ0v) is 18.8. The van der Waals surface area contributed by atoms with Crippen LogP contribution in [0.5, 0.6) is 5.75 Å². The second-order valence-electron chi connectivity index (χ2n) is 10.4. The Morgan fingerprint density at radius 2 is 1.97 bits per heavy atom. The minimum Gasteiger partial charge on any atom is -0.489 e. The van der Waals surface area contributed by atoms with Gasteiger partial charge in [0.2, 0.25) is 0 Å². The van der Waals surface area contributed by atoms with Crippen molar-refractivity contribution in [2.24, 2.45) is 23.2 Å². The third kappa shape index (κ3) is 4.12. The van der Waals surface area contributed by atoms with Crippen LogP contribution < -0.4 is 4.74 Å². The van der Waals surface area contributed by atoms with Crippen molar-refractivity contribution < 1.29 is 14.3 Å². The van der Waals surface area contributed by atoms with Gasteiger partial charge in [-0.05, 0) is 96.4 Å². The van der Waals surface area contributed by atoms with Crippen molar-refractivity contribution in [3.05, 3.63) is 65.2 Å². The largest absolute Gasteiger partial charge is 0.489 e. The maximum absolute atomic E-state index is 11.3. The average Bonchev–Trinajstić information content (AvgIpc) is 3.13. The molecule has 31 heavy (non-hydrogen) atoms. The Hall–Kier alpha value is -2.29. The Kier molecular flexibility index (Phi) is 5.54. The number of hydrogen-bond donors (Lipinski definition) is 0. The Balaban J connectivity index is 1.29. The Labute approximate surface area is 186 Å². The maximum atomic E-state index is 11.3. The molecule has 0 aliphatic heterocycles. The molecule has 5 rings (SSSR count). The van der Waals surface area contributed by atoms with E-state index in [0.29, 0.717) is 30.5 Å². The number of hydrogen-bond acceptors (Lipinski definition) is 3. The van der Waals surface area contributed by atoms with Crippen molar-refractivity contribution in [3.8, 4) is 5.75 Å². The van der Waals surface area contributed by atoms with E-state index in [1.165, 1.54) is 50.2 Å². The second-order valence-corrected chi connectivity index (χ2v) is 10.4. The van der Waals surface area contributed by atoms with Gasteiger partial charge in [0, 0.05) is 6.92 Å². The highest BCUT2D eigenvalue weighted by Gasteiger charge is 2.53. The molecule has 3 nitrogen and oxygen atoms in total. The normalized spacial score (nSPS) is 31.3. The van der Waals surface area contributed by atoms with Gasteiger partial charge in [-0.15, -0.1) is 0 Å². The highest BCUT2D eigenvalue weighted by molar-refractivity contribution is 5.65. The van der Waals surface area contributed by atoms with Crippen LogP contribution in [0.2, 0.25) is 0 Å². The van der Waals surface area contributed by atoms with Crippen molar-refractivity contribution in [2.75, 3.05) is 6.61 Å². The number of benzene rings is 2. The Bertz CT molecular complexity index is 937. The van der Waals surface area contributed by atoms with Crippen LogP contribution >= 0.6 is 0 Å². The van der Waals surface area contributed by atoms with E-state index >= 15 is 0 Å². The van der Waals surface area contributed by atoms with E-state index in [9.17, 15) is 4.79 Å². The van der Waals surface area contributed by atoms with Crippen LogP contribution in [0.25, 0.3) is 0 Å². The predicted octanol–water partition coefficient (Wildman–Crippen LogP) is 6.30.